The van der Waals surface area contributed by atoms with E-state index in [1.165, 1.54) is 0 Å². The largest absolute Gasteiger partial charge is 0.492 e. The third-order valence-electron chi connectivity index (χ3n) is 3.85. The summed E-state index contributed by atoms with van der Waals surface area (Å²) in [7, 11) is -15.7. The number of aliphatic hydroxyl groups is 3. The molecule has 20 heteroatoms. The predicted molar refractivity (Wildman–Crippen MR) is 91.2 cm³/mol. The van der Waals surface area contributed by atoms with E-state index in [1.807, 2.05) is 0 Å². The molecule has 0 saturated carbocycles. The maximum absolute atomic E-state index is 12.2. The number of hydrogen-bond acceptors (Lipinski definition) is 14. The van der Waals surface area contributed by atoms with E-state index in [9.17, 15) is 43.6 Å². The molecule has 3 rings (SSSR count). The average molecular weight is 495 g/mol. The highest BCUT2D eigenvalue weighted by Crippen LogP contribution is 2.80. The van der Waals surface area contributed by atoms with E-state index in [1.54, 1.807) is 0 Å². The lowest BCUT2D eigenvalue weighted by Crippen LogP contribution is -2.36. The van der Waals surface area contributed by atoms with Gasteiger partial charge in [-0.25, -0.2) is 18.5 Å². The SMILES string of the molecule is Nc1nc(=O)n([C@@H]2O[C@H](COP3(=O)OP(=O)(O)OP(=O)(O)O3)C(O)C2O)cc1CO. The lowest BCUT2D eigenvalue weighted by atomic mass is 10.1. The third-order valence-corrected chi connectivity index (χ3v) is 9.22. The molecule has 17 nitrogen and oxygen atoms in total. The molecule has 2 saturated heterocycles. The minimum atomic E-state index is -5.27. The quantitative estimate of drug-likeness (QED) is 0.249. The molecular formula is C10H16N3O14P3. The number of aromatic nitrogens is 2. The van der Waals surface area contributed by atoms with Crippen LogP contribution in [-0.2, 0) is 42.5 Å². The Labute approximate surface area is 166 Å². The van der Waals surface area contributed by atoms with Crippen molar-refractivity contribution >= 4 is 29.3 Å². The van der Waals surface area contributed by atoms with Gasteiger partial charge in [0.25, 0.3) is 0 Å². The number of nitrogen functional groups attached to an aromatic ring is 1. The molecule has 0 spiro atoms. The Hall–Kier alpha value is -1.03. The Morgan fingerprint density at radius 3 is 2.30 bits per heavy atom. The summed E-state index contributed by atoms with van der Waals surface area (Å²) in [5.41, 5.74) is 4.49. The Morgan fingerprint density at radius 1 is 1.13 bits per heavy atom. The van der Waals surface area contributed by atoms with Crippen molar-refractivity contribution < 1.29 is 61.0 Å². The second kappa shape index (κ2) is 8.15. The number of nitrogens with two attached hydrogens (primary N) is 1. The molecule has 2 aliphatic rings. The highest BCUT2D eigenvalue weighted by atomic mass is 31.3. The summed E-state index contributed by atoms with van der Waals surface area (Å²) in [5, 5.41) is 29.5. The standard InChI is InChI=1S/C10H16N3O14P3/c11-8-4(2-14)1-13(10(17)12-8)9-7(16)6(15)5(24-9)3-23-30(22)26-28(18,19)25-29(20,21)27-30/h1,5-7,9,14-16H,2-3H2,(H,18,19)(H,20,21)(H2,11,12,17)/t5-,6?,7?,9-/m1/s1. The number of phosphoric acid groups is 3. The molecule has 6 atom stereocenters. The van der Waals surface area contributed by atoms with Gasteiger partial charge in [0.2, 0.25) is 0 Å². The smallest absolute Gasteiger partial charge is 0.391 e. The molecule has 3 heterocycles. The van der Waals surface area contributed by atoms with E-state index in [0.717, 1.165) is 10.8 Å². The van der Waals surface area contributed by atoms with Crippen LogP contribution in [0.4, 0.5) is 5.82 Å². The lowest BCUT2D eigenvalue weighted by Gasteiger charge is -2.27. The first-order chi connectivity index (χ1) is 13.8. The average Bonchev–Trinajstić information content (AvgIpc) is 2.85. The molecule has 0 aliphatic carbocycles. The Morgan fingerprint density at radius 2 is 1.73 bits per heavy atom. The van der Waals surface area contributed by atoms with Crippen LogP contribution >= 0.6 is 23.5 Å². The zero-order valence-electron chi connectivity index (χ0n) is 14.5. The van der Waals surface area contributed by atoms with Crippen molar-refractivity contribution in [3.8, 4) is 0 Å². The van der Waals surface area contributed by atoms with Crippen LogP contribution < -0.4 is 11.4 Å². The summed E-state index contributed by atoms with van der Waals surface area (Å²) in [6.07, 6.45) is -5.55. The van der Waals surface area contributed by atoms with E-state index >= 15 is 0 Å². The van der Waals surface area contributed by atoms with Gasteiger partial charge in [0.15, 0.2) is 6.23 Å². The van der Waals surface area contributed by atoms with Crippen LogP contribution in [0.5, 0.6) is 0 Å². The van der Waals surface area contributed by atoms with Crippen molar-refractivity contribution in [1.82, 2.24) is 9.55 Å². The lowest BCUT2D eigenvalue weighted by molar-refractivity contribution is -0.0546. The van der Waals surface area contributed by atoms with Gasteiger partial charge < -0.3 is 35.6 Å². The monoisotopic (exact) mass is 495 g/mol. The number of aliphatic hydroxyl groups excluding tert-OH is 3. The van der Waals surface area contributed by atoms with Crippen LogP contribution in [0, 0.1) is 0 Å². The summed E-state index contributed by atoms with van der Waals surface area (Å²) < 4.78 is 57.5. The van der Waals surface area contributed by atoms with Crippen LogP contribution in [0.25, 0.3) is 0 Å². The number of nitrogens with zero attached hydrogens (tertiary/aromatic N) is 2. The summed E-state index contributed by atoms with van der Waals surface area (Å²) in [6.45, 7) is -1.55. The number of hydrogen-bond donors (Lipinski definition) is 6. The normalized spacial score (nSPS) is 41.8. The fourth-order valence-electron chi connectivity index (χ4n) is 2.56. The Kier molecular flexibility index (Phi) is 6.42. The van der Waals surface area contributed by atoms with Crippen LogP contribution in [-0.4, -0.2) is 59.6 Å². The fourth-order valence-corrected chi connectivity index (χ4v) is 7.50. The van der Waals surface area contributed by atoms with Crippen molar-refractivity contribution in [2.24, 2.45) is 0 Å². The van der Waals surface area contributed by atoms with Gasteiger partial charge in [-0.05, 0) is 0 Å². The Balaban J connectivity index is 1.77. The maximum Gasteiger partial charge on any atom is 0.492 e. The van der Waals surface area contributed by atoms with Crippen LogP contribution in [0.2, 0.25) is 0 Å². The first-order valence-corrected chi connectivity index (χ1v) is 12.3. The molecule has 0 bridgehead atoms. The number of ether oxygens (including phenoxy) is 1. The van der Waals surface area contributed by atoms with Crippen molar-refractivity contribution in [2.75, 3.05) is 12.3 Å². The zero-order valence-corrected chi connectivity index (χ0v) is 17.2. The van der Waals surface area contributed by atoms with Gasteiger partial charge in [0.05, 0.1) is 13.2 Å². The first kappa shape index (κ1) is 23.6. The summed E-state index contributed by atoms with van der Waals surface area (Å²) in [5.74, 6) is -0.263. The number of anilines is 1. The fraction of sp³-hybridized carbons (Fsp3) is 0.600. The van der Waals surface area contributed by atoms with E-state index in [4.69, 9.17) is 10.5 Å². The molecule has 30 heavy (non-hydrogen) atoms. The second-order valence-corrected chi connectivity index (χ2v) is 11.0. The molecule has 2 fully saturated rings. The van der Waals surface area contributed by atoms with Gasteiger partial charge in [-0.2, -0.15) is 17.9 Å². The minimum absolute atomic E-state index is 0.0189. The van der Waals surface area contributed by atoms with Gasteiger partial charge in [-0.15, -0.1) is 0 Å². The highest BCUT2D eigenvalue weighted by molar-refractivity contribution is 7.74. The summed E-state index contributed by atoms with van der Waals surface area (Å²) >= 11 is 0. The molecule has 0 amide bonds. The molecule has 2 aliphatic heterocycles. The van der Waals surface area contributed by atoms with E-state index in [-0.39, 0.29) is 11.4 Å². The van der Waals surface area contributed by atoms with Gasteiger partial charge in [0.1, 0.15) is 24.1 Å². The van der Waals surface area contributed by atoms with Crippen molar-refractivity contribution in [3.05, 3.63) is 22.2 Å². The van der Waals surface area contributed by atoms with E-state index < -0.39 is 66.9 Å². The van der Waals surface area contributed by atoms with Crippen LogP contribution in [0.3, 0.4) is 0 Å². The molecule has 0 radical (unpaired) electrons. The molecule has 7 N–H and O–H groups in total. The molecule has 170 valence electrons. The topological polar surface area (TPSA) is 259 Å². The molecule has 1 aromatic heterocycles. The maximum atomic E-state index is 12.2. The van der Waals surface area contributed by atoms with E-state index in [2.05, 4.69) is 22.4 Å². The molecule has 4 unspecified atom stereocenters. The molecular weight excluding hydrogens is 479 g/mol. The van der Waals surface area contributed by atoms with Crippen molar-refractivity contribution in [2.45, 2.75) is 31.1 Å². The highest BCUT2D eigenvalue weighted by Gasteiger charge is 2.55. The van der Waals surface area contributed by atoms with Gasteiger partial charge in [-0.3, -0.25) is 9.09 Å². The van der Waals surface area contributed by atoms with Gasteiger partial charge in [0, 0.05) is 11.8 Å². The van der Waals surface area contributed by atoms with Gasteiger partial charge in [-0.1, -0.05) is 0 Å². The van der Waals surface area contributed by atoms with Crippen molar-refractivity contribution in [3.63, 3.8) is 0 Å². The first-order valence-electron chi connectivity index (χ1n) is 7.80. The molecule has 0 aromatic carbocycles. The number of rotatable bonds is 5. The van der Waals surface area contributed by atoms with Crippen LogP contribution in [0.1, 0.15) is 11.8 Å². The molecule has 1 aromatic rings. The Bertz CT molecular complexity index is 1000. The summed E-state index contributed by atoms with van der Waals surface area (Å²) in [6, 6.07) is 0. The predicted octanol–water partition coefficient (Wildman–Crippen LogP) is -1.67. The van der Waals surface area contributed by atoms with Gasteiger partial charge >= 0.3 is 29.2 Å². The zero-order chi connectivity index (χ0) is 22.5. The van der Waals surface area contributed by atoms with E-state index in [0.29, 0.717) is 0 Å². The third kappa shape index (κ3) is 4.89. The second-order valence-electron chi connectivity index (χ2n) is 5.97. The van der Waals surface area contributed by atoms with Crippen molar-refractivity contribution in [1.29, 1.82) is 0 Å². The summed E-state index contributed by atoms with van der Waals surface area (Å²) in [4.78, 5) is 33.8. The van der Waals surface area contributed by atoms with Crippen LogP contribution in [0.15, 0.2) is 11.0 Å². The minimum Gasteiger partial charge on any atom is -0.391 e.